The van der Waals surface area contributed by atoms with Crippen LogP contribution in [-0.4, -0.2) is 19.7 Å². The highest BCUT2D eigenvalue weighted by atomic mass is 16.6. The molecule has 1 aromatic heterocycles. The van der Waals surface area contributed by atoms with Crippen molar-refractivity contribution in [3.63, 3.8) is 0 Å². The van der Waals surface area contributed by atoms with Crippen LogP contribution in [0.5, 0.6) is 0 Å². The first-order valence-corrected chi connectivity index (χ1v) is 8.83. The average Bonchev–Trinajstić information content (AvgIpc) is 3.24. The summed E-state index contributed by atoms with van der Waals surface area (Å²) >= 11 is 0. The Labute approximate surface area is 171 Å². The number of hydrogen-bond acceptors (Lipinski definition) is 6. The van der Waals surface area contributed by atoms with Gasteiger partial charge in [0.15, 0.2) is 11.6 Å². The normalized spacial score (nSPS) is 10.2. The molecule has 0 aliphatic carbocycles. The zero-order valence-corrected chi connectivity index (χ0v) is 15.4. The van der Waals surface area contributed by atoms with Gasteiger partial charge in [0.25, 0.3) is 5.69 Å². The van der Waals surface area contributed by atoms with Gasteiger partial charge in [-0.25, -0.2) is 0 Å². The fourth-order valence-electron chi connectivity index (χ4n) is 3.15. The van der Waals surface area contributed by atoms with Gasteiger partial charge in [0, 0.05) is 17.2 Å². The molecular formula is C22H12N6O2. The Morgan fingerprint density at radius 1 is 0.800 bits per heavy atom. The van der Waals surface area contributed by atoms with E-state index in [2.05, 4.69) is 10.2 Å². The van der Waals surface area contributed by atoms with Gasteiger partial charge in [0.05, 0.1) is 16.1 Å². The molecule has 1 heterocycles. The minimum absolute atomic E-state index is 0.0322. The SMILES string of the molecule is N#Cc1cc(-n2c(-c3ccccc3)nnc2-c2ccccc2)c([N+](=O)[O-])cc1C#N. The van der Waals surface area contributed by atoms with E-state index in [1.807, 2.05) is 72.8 Å². The van der Waals surface area contributed by atoms with Gasteiger partial charge < -0.3 is 0 Å². The van der Waals surface area contributed by atoms with E-state index >= 15 is 0 Å². The molecule has 0 saturated carbocycles. The molecule has 0 saturated heterocycles. The first-order valence-electron chi connectivity index (χ1n) is 8.83. The van der Waals surface area contributed by atoms with Gasteiger partial charge in [-0.1, -0.05) is 60.7 Å². The van der Waals surface area contributed by atoms with Crippen LogP contribution in [0.2, 0.25) is 0 Å². The van der Waals surface area contributed by atoms with Crippen LogP contribution in [0.1, 0.15) is 11.1 Å². The number of nitriles is 2. The lowest BCUT2D eigenvalue weighted by atomic mass is 10.1. The van der Waals surface area contributed by atoms with E-state index in [-0.39, 0.29) is 22.5 Å². The van der Waals surface area contributed by atoms with Gasteiger partial charge in [0.2, 0.25) is 0 Å². The minimum atomic E-state index is -0.582. The highest BCUT2D eigenvalue weighted by Gasteiger charge is 2.26. The van der Waals surface area contributed by atoms with E-state index in [0.717, 1.165) is 6.07 Å². The van der Waals surface area contributed by atoms with Crippen LogP contribution < -0.4 is 0 Å². The molecular weight excluding hydrogens is 380 g/mol. The molecule has 0 unspecified atom stereocenters. The second-order valence-corrected chi connectivity index (χ2v) is 6.28. The fourth-order valence-corrected chi connectivity index (χ4v) is 3.15. The van der Waals surface area contributed by atoms with Crippen molar-refractivity contribution in [3.05, 3.63) is 94.0 Å². The fraction of sp³-hybridized carbons (Fsp3) is 0. The third-order valence-corrected chi connectivity index (χ3v) is 4.52. The van der Waals surface area contributed by atoms with E-state index in [1.54, 1.807) is 4.57 Å². The first-order chi connectivity index (χ1) is 14.6. The average molecular weight is 392 g/mol. The zero-order chi connectivity index (χ0) is 21.1. The van der Waals surface area contributed by atoms with Crippen LogP contribution in [0.15, 0.2) is 72.8 Å². The van der Waals surface area contributed by atoms with Gasteiger partial charge in [0.1, 0.15) is 17.8 Å². The molecule has 0 aliphatic rings. The summed E-state index contributed by atoms with van der Waals surface area (Å²) in [5.41, 5.74) is 1.15. The van der Waals surface area contributed by atoms with Crippen LogP contribution in [0.25, 0.3) is 28.5 Å². The van der Waals surface area contributed by atoms with Crippen molar-refractivity contribution in [1.82, 2.24) is 14.8 Å². The van der Waals surface area contributed by atoms with Gasteiger partial charge in [-0.3, -0.25) is 14.7 Å². The predicted octanol–water partition coefficient (Wildman–Crippen LogP) is 4.25. The Morgan fingerprint density at radius 3 is 1.70 bits per heavy atom. The number of nitro groups is 1. The molecule has 4 aromatic rings. The van der Waals surface area contributed by atoms with Crippen molar-refractivity contribution in [2.45, 2.75) is 0 Å². The van der Waals surface area contributed by atoms with E-state index in [9.17, 15) is 20.6 Å². The lowest BCUT2D eigenvalue weighted by Crippen LogP contribution is -2.06. The summed E-state index contributed by atoms with van der Waals surface area (Å²) in [6, 6.07) is 24.5. The molecule has 4 rings (SSSR count). The van der Waals surface area contributed by atoms with Crippen LogP contribution >= 0.6 is 0 Å². The van der Waals surface area contributed by atoms with E-state index < -0.39 is 4.92 Å². The number of nitrogens with zero attached hydrogens (tertiary/aromatic N) is 6. The topological polar surface area (TPSA) is 121 Å². The Bertz CT molecular complexity index is 1280. The first kappa shape index (κ1) is 18.5. The lowest BCUT2D eigenvalue weighted by molar-refractivity contribution is -0.384. The maximum atomic E-state index is 11.8. The van der Waals surface area contributed by atoms with Crippen molar-refractivity contribution < 1.29 is 4.92 Å². The second-order valence-electron chi connectivity index (χ2n) is 6.28. The molecule has 0 atom stereocenters. The Kier molecular flexibility index (Phi) is 4.73. The monoisotopic (exact) mass is 392 g/mol. The maximum absolute atomic E-state index is 11.8. The summed E-state index contributed by atoms with van der Waals surface area (Å²) in [6.45, 7) is 0. The highest BCUT2D eigenvalue weighted by molar-refractivity contribution is 5.72. The molecule has 30 heavy (non-hydrogen) atoms. The van der Waals surface area contributed by atoms with Crippen molar-refractivity contribution in [3.8, 4) is 40.6 Å². The van der Waals surface area contributed by atoms with Crippen LogP contribution in [0.3, 0.4) is 0 Å². The van der Waals surface area contributed by atoms with E-state index in [1.165, 1.54) is 6.07 Å². The smallest absolute Gasteiger partial charge is 0.268 e. The van der Waals surface area contributed by atoms with Gasteiger partial charge in [-0.05, 0) is 6.07 Å². The summed E-state index contributed by atoms with van der Waals surface area (Å²) in [7, 11) is 0. The number of benzene rings is 3. The van der Waals surface area contributed by atoms with Crippen molar-refractivity contribution >= 4 is 5.69 Å². The number of aromatic nitrogens is 3. The van der Waals surface area contributed by atoms with Crippen LogP contribution in [0, 0.1) is 32.8 Å². The maximum Gasteiger partial charge on any atom is 0.294 e. The lowest BCUT2D eigenvalue weighted by Gasteiger charge is -2.12. The third-order valence-electron chi connectivity index (χ3n) is 4.52. The third kappa shape index (κ3) is 3.15. The molecule has 3 aromatic carbocycles. The van der Waals surface area contributed by atoms with Gasteiger partial charge >= 0.3 is 0 Å². The highest BCUT2D eigenvalue weighted by Crippen LogP contribution is 2.34. The Balaban J connectivity index is 2.10. The van der Waals surface area contributed by atoms with Gasteiger partial charge in [-0.2, -0.15) is 10.5 Å². The van der Waals surface area contributed by atoms with Crippen molar-refractivity contribution in [2.24, 2.45) is 0 Å². The second kappa shape index (κ2) is 7.66. The predicted molar refractivity (Wildman–Crippen MR) is 108 cm³/mol. The molecule has 142 valence electrons. The van der Waals surface area contributed by atoms with Crippen molar-refractivity contribution in [2.75, 3.05) is 0 Å². The summed E-state index contributed by atoms with van der Waals surface area (Å²) in [5.74, 6) is 0.761. The summed E-state index contributed by atoms with van der Waals surface area (Å²) < 4.78 is 1.55. The molecule has 0 fully saturated rings. The summed E-state index contributed by atoms with van der Waals surface area (Å²) in [4.78, 5) is 11.3. The van der Waals surface area contributed by atoms with E-state index in [0.29, 0.717) is 22.8 Å². The molecule has 0 radical (unpaired) electrons. The standard InChI is InChI=1S/C22H12N6O2/c23-13-17-11-19(20(28(29)30)12-18(17)14-24)27-21(15-7-3-1-4-8-15)25-26-22(27)16-9-5-2-6-10-16/h1-12H. The quantitative estimate of drug-likeness (QED) is 0.378. The Morgan fingerprint density at radius 2 is 1.27 bits per heavy atom. The number of hydrogen-bond donors (Lipinski definition) is 0. The minimum Gasteiger partial charge on any atom is -0.268 e. The van der Waals surface area contributed by atoms with Crippen molar-refractivity contribution in [1.29, 1.82) is 10.5 Å². The molecule has 0 aliphatic heterocycles. The zero-order valence-electron chi connectivity index (χ0n) is 15.4. The Hall–Kier alpha value is -4.82. The molecule has 8 nitrogen and oxygen atoms in total. The van der Waals surface area contributed by atoms with Gasteiger partial charge in [-0.15, -0.1) is 10.2 Å². The molecule has 0 N–H and O–H groups in total. The number of nitro benzene ring substituents is 1. The summed E-state index contributed by atoms with van der Waals surface area (Å²) in [6.07, 6.45) is 0. The van der Waals surface area contributed by atoms with E-state index in [4.69, 9.17) is 0 Å². The molecule has 0 bridgehead atoms. The molecule has 0 amide bonds. The number of rotatable bonds is 4. The summed E-state index contributed by atoms with van der Waals surface area (Å²) in [5, 5.41) is 39.1. The van der Waals surface area contributed by atoms with Crippen LogP contribution in [0.4, 0.5) is 5.69 Å². The molecule has 8 heteroatoms. The molecule has 0 spiro atoms. The largest absolute Gasteiger partial charge is 0.294 e. The van der Waals surface area contributed by atoms with Crippen LogP contribution in [-0.2, 0) is 0 Å².